The van der Waals surface area contributed by atoms with Gasteiger partial charge >= 0.3 is 0 Å². The number of hydrogen-bond donors (Lipinski definition) is 1. The number of likely N-dealkylation sites (N-methyl/N-ethyl adjacent to an activating group) is 1. The van der Waals surface area contributed by atoms with E-state index >= 15 is 0 Å². The molecule has 3 fully saturated rings. The average Bonchev–Trinajstić information content (AvgIpc) is 2.89. The van der Waals surface area contributed by atoms with Gasteiger partial charge in [0, 0.05) is 6.54 Å². The van der Waals surface area contributed by atoms with Crippen molar-refractivity contribution in [1.82, 2.24) is 10.2 Å². The maximum Gasteiger partial charge on any atom is 0.0710 e. The third-order valence-corrected chi connectivity index (χ3v) is 6.00. The lowest BCUT2D eigenvalue weighted by atomic mass is 9.83. The fourth-order valence-electron chi connectivity index (χ4n) is 4.60. The smallest absolute Gasteiger partial charge is 0.0710 e. The summed E-state index contributed by atoms with van der Waals surface area (Å²) >= 11 is 0. The van der Waals surface area contributed by atoms with E-state index in [1.165, 1.54) is 83.8 Å². The lowest BCUT2D eigenvalue weighted by molar-refractivity contribution is -0.0704. The maximum atomic E-state index is 6.50. The van der Waals surface area contributed by atoms with Crippen molar-refractivity contribution in [1.29, 1.82) is 0 Å². The van der Waals surface area contributed by atoms with Gasteiger partial charge in [0.2, 0.25) is 0 Å². The summed E-state index contributed by atoms with van der Waals surface area (Å²) in [7, 11) is 2.29. The van der Waals surface area contributed by atoms with E-state index in [4.69, 9.17) is 4.74 Å². The third kappa shape index (κ3) is 4.43. The van der Waals surface area contributed by atoms with Gasteiger partial charge < -0.3 is 15.0 Å². The highest BCUT2D eigenvalue weighted by Crippen LogP contribution is 2.41. The summed E-state index contributed by atoms with van der Waals surface area (Å²) in [4.78, 5) is 2.52. The van der Waals surface area contributed by atoms with E-state index < -0.39 is 0 Å². The molecule has 0 amide bonds. The van der Waals surface area contributed by atoms with E-state index in [-0.39, 0.29) is 0 Å². The minimum Gasteiger partial charge on any atom is -0.370 e. The zero-order valence-corrected chi connectivity index (χ0v) is 13.9. The normalized spacial score (nSPS) is 30.3. The van der Waals surface area contributed by atoms with E-state index in [9.17, 15) is 0 Å². The molecule has 122 valence electrons. The van der Waals surface area contributed by atoms with Crippen LogP contribution in [0.25, 0.3) is 0 Å². The molecule has 3 rings (SSSR count). The summed E-state index contributed by atoms with van der Waals surface area (Å²) in [5, 5.41) is 3.46. The van der Waals surface area contributed by atoms with E-state index in [2.05, 4.69) is 17.3 Å². The minimum atomic E-state index is 0.290. The Balaban J connectivity index is 1.36. The van der Waals surface area contributed by atoms with E-state index in [0.717, 1.165) is 12.5 Å². The van der Waals surface area contributed by atoms with Crippen LogP contribution in [0, 0.1) is 5.92 Å². The minimum absolute atomic E-state index is 0.290. The molecule has 1 spiro atoms. The summed E-state index contributed by atoms with van der Waals surface area (Å²) in [6, 6.07) is 0. The van der Waals surface area contributed by atoms with Gasteiger partial charge in [-0.15, -0.1) is 0 Å². The molecule has 1 atom stereocenters. The Kier molecular flexibility index (Phi) is 5.58. The van der Waals surface area contributed by atoms with Gasteiger partial charge in [0.25, 0.3) is 0 Å². The lowest BCUT2D eigenvalue weighted by Crippen LogP contribution is -2.36. The van der Waals surface area contributed by atoms with Crippen molar-refractivity contribution >= 4 is 0 Å². The van der Waals surface area contributed by atoms with Gasteiger partial charge in [-0.1, -0.05) is 19.3 Å². The van der Waals surface area contributed by atoms with Crippen molar-refractivity contribution in [3.8, 4) is 0 Å². The van der Waals surface area contributed by atoms with Crippen molar-refractivity contribution in [3.63, 3.8) is 0 Å². The Bertz CT molecular complexity index is 308. The molecule has 1 unspecified atom stereocenters. The average molecular weight is 294 g/mol. The lowest BCUT2D eigenvalue weighted by Gasteiger charge is -2.34. The molecule has 0 bridgehead atoms. The van der Waals surface area contributed by atoms with Crippen molar-refractivity contribution in [3.05, 3.63) is 0 Å². The summed E-state index contributed by atoms with van der Waals surface area (Å²) in [5.74, 6) is 0.947. The number of rotatable bonds is 5. The van der Waals surface area contributed by atoms with E-state index in [0.29, 0.717) is 11.7 Å². The van der Waals surface area contributed by atoms with Gasteiger partial charge in [0.05, 0.1) is 11.7 Å². The molecule has 0 radical (unpaired) electrons. The van der Waals surface area contributed by atoms with Crippen LogP contribution in [0.3, 0.4) is 0 Å². The Hall–Kier alpha value is -0.120. The molecule has 3 nitrogen and oxygen atoms in total. The predicted octanol–water partition coefficient (Wildman–Crippen LogP) is 3.19. The first kappa shape index (κ1) is 15.8. The fourth-order valence-corrected chi connectivity index (χ4v) is 4.60. The molecule has 0 aromatic heterocycles. The van der Waals surface area contributed by atoms with E-state index in [1.54, 1.807) is 0 Å². The highest BCUT2D eigenvalue weighted by Gasteiger charge is 2.40. The topological polar surface area (TPSA) is 24.5 Å². The summed E-state index contributed by atoms with van der Waals surface area (Å²) in [6.07, 6.45) is 14.1. The molecule has 0 aromatic rings. The van der Waals surface area contributed by atoms with Crippen molar-refractivity contribution < 1.29 is 4.74 Å². The first-order valence-electron chi connectivity index (χ1n) is 9.33. The zero-order valence-electron chi connectivity index (χ0n) is 13.9. The van der Waals surface area contributed by atoms with Gasteiger partial charge in [-0.05, 0) is 77.5 Å². The van der Waals surface area contributed by atoms with Crippen LogP contribution in [0.5, 0.6) is 0 Å². The van der Waals surface area contributed by atoms with E-state index in [1.807, 2.05) is 0 Å². The number of nitrogens with one attached hydrogen (secondary N) is 1. The summed E-state index contributed by atoms with van der Waals surface area (Å²) in [6.45, 7) is 4.84. The second-order valence-corrected chi connectivity index (χ2v) is 7.77. The molecule has 1 aliphatic carbocycles. The van der Waals surface area contributed by atoms with Crippen LogP contribution in [0.1, 0.15) is 64.2 Å². The molecule has 1 N–H and O–H groups in total. The highest BCUT2D eigenvalue weighted by molar-refractivity contribution is 4.91. The van der Waals surface area contributed by atoms with Crippen LogP contribution < -0.4 is 5.32 Å². The number of piperidine rings is 1. The standard InChI is InChI=1S/C18H34N2O/c1-20(14-8-16-6-12-19-13-7-16)15-17-5-11-18(21-17)9-3-2-4-10-18/h16-17,19H,2-15H2,1H3. The molecule has 0 aromatic carbocycles. The van der Waals surface area contributed by atoms with Crippen LogP contribution in [-0.4, -0.2) is 49.8 Å². The third-order valence-electron chi connectivity index (χ3n) is 6.00. The SMILES string of the molecule is CN(CCC1CCNCC1)CC1CCC2(CCCCC2)O1. The first-order valence-corrected chi connectivity index (χ1v) is 9.33. The van der Waals surface area contributed by atoms with Crippen molar-refractivity contribution in [2.24, 2.45) is 5.92 Å². The molecule has 3 heteroatoms. The highest BCUT2D eigenvalue weighted by atomic mass is 16.5. The number of ether oxygens (including phenoxy) is 1. The Labute approximate surface area is 130 Å². The van der Waals surface area contributed by atoms with Crippen LogP contribution in [0.15, 0.2) is 0 Å². The maximum absolute atomic E-state index is 6.50. The monoisotopic (exact) mass is 294 g/mol. The first-order chi connectivity index (χ1) is 10.3. The van der Waals surface area contributed by atoms with Crippen molar-refractivity contribution in [2.75, 3.05) is 33.2 Å². The number of hydrogen-bond acceptors (Lipinski definition) is 3. The van der Waals surface area contributed by atoms with Gasteiger partial charge in [-0.3, -0.25) is 0 Å². The molecule has 2 saturated heterocycles. The molecular weight excluding hydrogens is 260 g/mol. The molecule has 2 heterocycles. The van der Waals surface area contributed by atoms with Crippen molar-refractivity contribution in [2.45, 2.75) is 75.9 Å². The van der Waals surface area contributed by atoms with Gasteiger partial charge in [0.15, 0.2) is 0 Å². The second kappa shape index (κ2) is 7.43. The van der Waals surface area contributed by atoms with Crippen LogP contribution in [0.2, 0.25) is 0 Å². The Morgan fingerprint density at radius 3 is 2.57 bits per heavy atom. The summed E-state index contributed by atoms with van der Waals surface area (Å²) in [5.41, 5.74) is 0.290. The Morgan fingerprint density at radius 2 is 1.81 bits per heavy atom. The fraction of sp³-hybridized carbons (Fsp3) is 1.00. The van der Waals surface area contributed by atoms with Gasteiger partial charge in [-0.2, -0.15) is 0 Å². The van der Waals surface area contributed by atoms with Crippen LogP contribution in [0.4, 0.5) is 0 Å². The quantitative estimate of drug-likeness (QED) is 0.843. The molecule has 1 saturated carbocycles. The zero-order chi connectivity index (χ0) is 14.5. The predicted molar refractivity (Wildman–Crippen MR) is 87.6 cm³/mol. The van der Waals surface area contributed by atoms with Crippen LogP contribution in [-0.2, 0) is 4.74 Å². The Morgan fingerprint density at radius 1 is 1.05 bits per heavy atom. The molecular formula is C18H34N2O. The summed E-state index contributed by atoms with van der Waals surface area (Å²) < 4.78 is 6.50. The largest absolute Gasteiger partial charge is 0.370 e. The number of nitrogens with zero attached hydrogens (tertiary/aromatic N) is 1. The second-order valence-electron chi connectivity index (χ2n) is 7.77. The van der Waals surface area contributed by atoms with Crippen LogP contribution >= 0.6 is 0 Å². The molecule has 2 aliphatic heterocycles. The van der Waals surface area contributed by atoms with Gasteiger partial charge in [0.1, 0.15) is 0 Å². The molecule has 21 heavy (non-hydrogen) atoms. The van der Waals surface area contributed by atoms with Gasteiger partial charge in [-0.25, -0.2) is 0 Å². The molecule has 3 aliphatic rings.